The summed E-state index contributed by atoms with van der Waals surface area (Å²) in [5.41, 5.74) is 2.96. The topological polar surface area (TPSA) is 50.7 Å². The number of ether oxygens (including phenoxy) is 1. The van der Waals surface area contributed by atoms with Gasteiger partial charge in [-0.25, -0.2) is 4.99 Å². The number of carbonyl (C=O) groups excluding carboxylic acids is 1. The number of aryl methyl sites for hydroxylation is 1. The number of rotatable bonds is 5. The van der Waals surface area contributed by atoms with Gasteiger partial charge < -0.3 is 10.1 Å². The Morgan fingerprint density at radius 2 is 1.81 bits per heavy atom. The Bertz CT molecular complexity index is 837. The average molecular weight is 366 g/mol. The number of amidine groups is 1. The number of aliphatic imine (C=N–C) groups is 1. The number of benzene rings is 2. The second-order valence-corrected chi connectivity index (χ2v) is 7.62. The molecule has 5 heteroatoms. The summed E-state index contributed by atoms with van der Waals surface area (Å²) < 4.78 is 5.68. The van der Waals surface area contributed by atoms with Crippen molar-refractivity contribution in [3.05, 3.63) is 64.6 Å². The van der Waals surface area contributed by atoms with Crippen molar-refractivity contribution in [3.8, 4) is 5.75 Å². The molecule has 0 radical (unpaired) electrons. The van der Waals surface area contributed by atoms with Crippen molar-refractivity contribution in [3.63, 3.8) is 0 Å². The minimum atomic E-state index is -0.124. The third kappa shape index (κ3) is 4.99. The van der Waals surface area contributed by atoms with Gasteiger partial charge in [-0.3, -0.25) is 4.79 Å². The van der Waals surface area contributed by atoms with Crippen LogP contribution >= 0.6 is 11.8 Å². The molecule has 1 fully saturated rings. The van der Waals surface area contributed by atoms with Crippen molar-refractivity contribution < 1.29 is 9.53 Å². The molecular weight excluding hydrogens is 344 g/mol. The highest BCUT2D eigenvalue weighted by molar-refractivity contribution is 8.18. The lowest BCUT2D eigenvalue weighted by Gasteiger charge is -2.08. The zero-order valence-electron chi connectivity index (χ0n) is 15.2. The summed E-state index contributed by atoms with van der Waals surface area (Å²) >= 11 is 1.35. The van der Waals surface area contributed by atoms with Crippen LogP contribution in [0.5, 0.6) is 5.75 Å². The zero-order valence-corrected chi connectivity index (χ0v) is 16.0. The quantitative estimate of drug-likeness (QED) is 0.764. The highest BCUT2D eigenvalue weighted by atomic mass is 32.2. The Balaban J connectivity index is 1.69. The fourth-order valence-electron chi connectivity index (χ4n) is 2.29. The maximum atomic E-state index is 12.2. The molecule has 1 amide bonds. The van der Waals surface area contributed by atoms with E-state index < -0.39 is 0 Å². The molecule has 1 heterocycles. The van der Waals surface area contributed by atoms with Gasteiger partial charge in [0.15, 0.2) is 5.17 Å². The summed E-state index contributed by atoms with van der Waals surface area (Å²) in [4.78, 5) is 17.3. The van der Waals surface area contributed by atoms with Crippen molar-refractivity contribution in [2.24, 2.45) is 10.9 Å². The molecule has 1 aliphatic rings. The molecule has 26 heavy (non-hydrogen) atoms. The summed E-state index contributed by atoms with van der Waals surface area (Å²) in [6, 6.07) is 15.6. The first-order valence-electron chi connectivity index (χ1n) is 8.59. The van der Waals surface area contributed by atoms with E-state index in [1.165, 1.54) is 17.3 Å². The van der Waals surface area contributed by atoms with Crippen LogP contribution in [0.2, 0.25) is 0 Å². The third-order valence-corrected chi connectivity index (χ3v) is 4.59. The molecule has 2 aromatic carbocycles. The first kappa shape index (κ1) is 18.3. The van der Waals surface area contributed by atoms with Crippen LogP contribution < -0.4 is 10.1 Å². The smallest absolute Gasteiger partial charge is 0.264 e. The zero-order chi connectivity index (χ0) is 18.5. The van der Waals surface area contributed by atoms with E-state index in [-0.39, 0.29) is 5.91 Å². The molecule has 2 aromatic rings. The number of hydrogen-bond acceptors (Lipinski definition) is 4. The number of carbonyl (C=O) groups is 1. The SMILES string of the molecule is Cc1ccc(N=C2NC(=O)/C(=C\c3ccc(OCC(C)C)cc3)S2)cc1. The Morgan fingerprint density at radius 1 is 1.12 bits per heavy atom. The molecule has 1 N–H and O–H groups in total. The molecule has 1 saturated heterocycles. The van der Waals surface area contributed by atoms with Crippen LogP contribution in [0.3, 0.4) is 0 Å². The van der Waals surface area contributed by atoms with Gasteiger partial charge in [0.2, 0.25) is 0 Å². The Morgan fingerprint density at radius 3 is 2.46 bits per heavy atom. The molecule has 0 saturated carbocycles. The number of nitrogens with zero attached hydrogens (tertiary/aromatic N) is 1. The monoisotopic (exact) mass is 366 g/mol. The molecule has 0 aliphatic carbocycles. The van der Waals surface area contributed by atoms with Crippen LogP contribution in [0.15, 0.2) is 58.4 Å². The van der Waals surface area contributed by atoms with Crippen molar-refractivity contribution in [1.29, 1.82) is 0 Å². The van der Waals surface area contributed by atoms with E-state index in [9.17, 15) is 4.79 Å². The molecule has 1 aliphatic heterocycles. The molecule has 0 aromatic heterocycles. The van der Waals surface area contributed by atoms with Gasteiger partial charge in [0, 0.05) is 0 Å². The van der Waals surface area contributed by atoms with Crippen LogP contribution in [0.1, 0.15) is 25.0 Å². The standard InChI is InChI=1S/C21H22N2O2S/c1-14(2)13-25-18-10-6-16(7-11-18)12-19-20(24)23-21(26-19)22-17-8-4-15(3)5-9-17/h4-12,14H,13H2,1-3H3,(H,22,23,24)/b19-12+. The normalized spacial score (nSPS) is 17.2. The molecule has 0 unspecified atom stereocenters. The van der Waals surface area contributed by atoms with Gasteiger partial charge in [0.1, 0.15) is 5.75 Å². The molecular formula is C21H22N2O2S. The number of amides is 1. The second-order valence-electron chi connectivity index (χ2n) is 6.59. The van der Waals surface area contributed by atoms with Gasteiger partial charge in [-0.1, -0.05) is 43.7 Å². The van der Waals surface area contributed by atoms with Crippen molar-refractivity contribution >= 4 is 34.6 Å². The van der Waals surface area contributed by atoms with Crippen LogP contribution in [0.4, 0.5) is 5.69 Å². The highest BCUT2D eigenvalue weighted by Gasteiger charge is 2.23. The first-order valence-corrected chi connectivity index (χ1v) is 9.40. The van der Waals surface area contributed by atoms with Crippen molar-refractivity contribution in [1.82, 2.24) is 5.32 Å². The number of hydrogen-bond donors (Lipinski definition) is 1. The summed E-state index contributed by atoms with van der Waals surface area (Å²) in [5.74, 6) is 1.20. The summed E-state index contributed by atoms with van der Waals surface area (Å²) in [6.45, 7) is 6.95. The van der Waals surface area contributed by atoms with E-state index in [0.29, 0.717) is 22.6 Å². The average Bonchev–Trinajstić information content (AvgIpc) is 2.95. The highest BCUT2D eigenvalue weighted by Crippen LogP contribution is 2.28. The minimum Gasteiger partial charge on any atom is -0.493 e. The summed E-state index contributed by atoms with van der Waals surface area (Å²) in [5, 5.41) is 3.41. The predicted octanol–water partition coefficient (Wildman–Crippen LogP) is 4.92. The van der Waals surface area contributed by atoms with Gasteiger partial charge in [0.05, 0.1) is 17.2 Å². The van der Waals surface area contributed by atoms with Gasteiger partial charge in [0.25, 0.3) is 5.91 Å². The maximum Gasteiger partial charge on any atom is 0.264 e. The lowest BCUT2D eigenvalue weighted by atomic mass is 10.2. The van der Waals surface area contributed by atoms with Crippen LogP contribution in [-0.2, 0) is 4.79 Å². The van der Waals surface area contributed by atoms with Gasteiger partial charge in [-0.15, -0.1) is 0 Å². The lowest BCUT2D eigenvalue weighted by Crippen LogP contribution is -2.19. The molecule has 4 nitrogen and oxygen atoms in total. The van der Waals surface area contributed by atoms with Crippen molar-refractivity contribution in [2.75, 3.05) is 6.61 Å². The fourth-order valence-corrected chi connectivity index (χ4v) is 3.13. The fraction of sp³-hybridized carbons (Fsp3) is 0.238. The minimum absolute atomic E-state index is 0.124. The van der Waals surface area contributed by atoms with E-state index >= 15 is 0 Å². The maximum absolute atomic E-state index is 12.2. The summed E-state index contributed by atoms with van der Waals surface area (Å²) in [6.07, 6.45) is 1.86. The van der Waals surface area contributed by atoms with Crippen LogP contribution in [-0.4, -0.2) is 17.7 Å². The molecule has 0 atom stereocenters. The Kier molecular flexibility index (Phi) is 5.78. The Labute approximate surface area is 158 Å². The second kappa shape index (κ2) is 8.23. The number of thioether (sulfide) groups is 1. The van der Waals surface area contributed by atoms with Gasteiger partial charge in [-0.05, 0) is 60.5 Å². The van der Waals surface area contributed by atoms with E-state index in [4.69, 9.17) is 4.74 Å². The molecule has 0 bridgehead atoms. The van der Waals surface area contributed by atoms with E-state index in [1.807, 2.05) is 61.5 Å². The van der Waals surface area contributed by atoms with E-state index in [0.717, 1.165) is 17.0 Å². The third-order valence-electron chi connectivity index (χ3n) is 3.68. The first-order chi connectivity index (χ1) is 12.5. The van der Waals surface area contributed by atoms with Crippen LogP contribution in [0.25, 0.3) is 6.08 Å². The largest absolute Gasteiger partial charge is 0.493 e. The van der Waals surface area contributed by atoms with Crippen LogP contribution in [0, 0.1) is 12.8 Å². The van der Waals surface area contributed by atoms with Gasteiger partial charge >= 0.3 is 0 Å². The van der Waals surface area contributed by atoms with E-state index in [2.05, 4.69) is 24.2 Å². The Hall–Kier alpha value is -2.53. The molecule has 134 valence electrons. The number of nitrogens with one attached hydrogen (secondary N) is 1. The lowest BCUT2D eigenvalue weighted by molar-refractivity contribution is -0.115. The van der Waals surface area contributed by atoms with Crippen molar-refractivity contribution in [2.45, 2.75) is 20.8 Å². The van der Waals surface area contributed by atoms with Gasteiger partial charge in [-0.2, -0.15) is 0 Å². The predicted molar refractivity (Wildman–Crippen MR) is 109 cm³/mol. The van der Waals surface area contributed by atoms with E-state index in [1.54, 1.807) is 0 Å². The molecule has 0 spiro atoms. The summed E-state index contributed by atoms with van der Waals surface area (Å²) in [7, 11) is 0. The molecule has 3 rings (SSSR count).